The van der Waals surface area contributed by atoms with Crippen molar-refractivity contribution in [2.24, 2.45) is 5.92 Å². The number of benzene rings is 1. The average Bonchev–Trinajstić information content (AvgIpc) is 3.22. The molecule has 148 valence electrons. The zero-order valence-corrected chi connectivity index (χ0v) is 16.9. The lowest BCUT2D eigenvalue weighted by Gasteiger charge is -2.30. The van der Waals surface area contributed by atoms with Crippen LogP contribution >= 0.6 is 0 Å². The maximum atomic E-state index is 13.1. The fraction of sp³-hybridized carbons (Fsp3) is 0.619. The summed E-state index contributed by atoms with van der Waals surface area (Å²) < 4.78 is 0. The molecular formula is C21H32N4O2. The van der Waals surface area contributed by atoms with Crippen molar-refractivity contribution in [1.82, 2.24) is 10.2 Å². The van der Waals surface area contributed by atoms with Gasteiger partial charge in [0.05, 0.1) is 5.54 Å². The standard InChI is InChI=1S/C21H32N4O2/c1-15(2)14-18(25-13-11-21(20(25)27)10-5-12-22-21)19(26)23-16-6-8-17(9-7-16)24(3)4/h6-9,15,18,22H,5,10-14H2,1-4H3,(H,23,26)/t18-,21-/m0/s1. The lowest BCUT2D eigenvalue weighted by Crippen LogP contribution is -2.52. The van der Waals surface area contributed by atoms with Gasteiger partial charge in [0.1, 0.15) is 6.04 Å². The van der Waals surface area contributed by atoms with Gasteiger partial charge in [-0.25, -0.2) is 0 Å². The maximum absolute atomic E-state index is 13.1. The second kappa shape index (κ2) is 7.89. The Kier molecular flexibility index (Phi) is 5.75. The third-order valence-corrected chi connectivity index (χ3v) is 5.72. The third kappa shape index (κ3) is 4.10. The van der Waals surface area contributed by atoms with E-state index in [1.807, 2.05) is 48.2 Å². The molecule has 3 rings (SSSR count). The summed E-state index contributed by atoms with van der Waals surface area (Å²) in [6.45, 7) is 5.72. The first-order valence-electron chi connectivity index (χ1n) is 9.97. The Hall–Kier alpha value is -2.08. The van der Waals surface area contributed by atoms with Gasteiger partial charge in [-0.15, -0.1) is 0 Å². The normalized spacial score (nSPS) is 23.3. The van der Waals surface area contributed by atoms with E-state index in [2.05, 4.69) is 24.5 Å². The molecule has 2 aliphatic heterocycles. The van der Waals surface area contributed by atoms with E-state index in [0.29, 0.717) is 18.9 Å². The second-order valence-electron chi connectivity index (χ2n) is 8.44. The smallest absolute Gasteiger partial charge is 0.247 e. The van der Waals surface area contributed by atoms with Crippen molar-refractivity contribution in [2.75, 3.05) is 37.4 Å². The molecule has 1 aromatic rings. The van der Waals surface area contributed by atoms with E-state index in [1.54, 1.807) is 0 Å². The van der Waals surface area contributed by atoms with Crippen LogP contribution < -0.4 is 15.5 Å². The van der Waals surface area contributed by atoms with Crippen LogP contribution in [-0.4, -0.2) is 55.5 Å². The van der Waals surface area contributed by atoms with Crippen LogP contribution in [0, 0.1) is 5.92 Å². The summed E-state index contributed by atoms with van der Waals surface area (Å²) in [5.41, 5.74) is 1.42. The number of hydrogen-bond donors (Lipinski definition) is 2. The Bertz CT molecular complexity index is 678. The number of nitrogens with one attached hydrogen (secondary N) is 2. The van der Waals surface area contributed by atoms with Gasteiger partial charge in [0.15, 0.2) is 0 Å². The van der Waals surface area contributed by atoms with Crippen LogP contribution in [0.3, 0.4) is 0 Å². The molecule has 6 nitrogen and oxygen atoms in total. The van der Waals surface area contributed by atoms with Gasteiger partial charge in [0.25, 0.3) is 0 Å². The molecule has 0 aliphatic carbocycles. The number of carbonyl (C=O) groups is 2. The van der Waals surface area contributed by atoms with Gasteiger partial charge in [-0.2, -0.15) is 0 Å². The minimum absolute atomic E-state index is 0.0929. The summed E-state index contributed by atoms with van der Waals surface area (Å²) in [5, 5.41) is 6.42. The van der Waals surface area contributed by atoms with Crippen molar-refractivity contribution in [1.29, 1.82) is 0 Å². The molecule has 0 unspecified atom stereocenters. The fourth-order valence-corrected chi connectivity index (χ4v) is 4.19. The number of nitrogens with zero attached hydrogens (tertiary/aromatic N) is 2. The number of anilines is 2. The SMILES string of the molecule is CC(C)C[C@@H](C(=O)Nc1ccc(N(C)C)cc1)N1CC[C@@]2(CCCN2)C1=O. The third-order valence-electron chi connectivity index (χ3n) is 5.72. The summed E-state index contributed by atoms with van der Waals surface area (Å²) in [4.78, 5) is 30.0. The first-order valence-corrected chi connectivity index (χ1v) is 9.97. The first kappa shape index (κ1) is 19.7. The van der Waals surface area contributed by atoms with Crippen LogP contribution in [0.15, 0.2) is 24.3 Å². The molecule has 2 atom stereocenters. The minimum atomic E-state index is -0.428. The van der Waals surface area contributed by atoms with E-state index in [1.165, 1.54) is 0 Å². The first-order chi connectivity index (χ1) is 12.8. The molecule has 1 aromatic carbocycles. The predicted molar refractivity (Wildman–Crippen MR) is 109 cm³/mol. The molecule has 2 fully saturated rings. The Morgan fingerprint density at radius 3 is 2.52 bits per heavy atom. The molecule has 1 spiro atoms. The van der Waals surface area contributed by atoms with Gasteiger partial charge in [-0.1, -0.05) is 13.8 Å². The van der Waals surface area contributed by atoms with Crippen molar-refractivity contribution in [3.8, 4) is 0 Å². The Morgan fingerprint density at radius 2 is 1.96 bits per heavy atom. The Balaban J connectivity index is 1.74. The Labute approximate surface area is 162 Å². The molecule has 2 N–H and O–H groups in total. The highest BCUT2D eigenvalue weighted by Crippen LogP contribution is 2.33. The average molecular weight is 373 g/mol. The van der Waals surface area contributed by atoms with Gasteiger partial charge < -0.3 is 20.4 Å². The number of rotatable bonds is 6. The predicted octanol–water partition coefficient (Wildman–Crippen LogP) is 2.46. The van der Waals surface area contributed by atoms with Gasteiger partial charge >= 0.3 is 0 Å². The van der Waals surface area contributed by atoms with E-state index < -0.39 is 11.6 Å². The van der Waals surface area contributed by atoms with Gasteiger partial charge in [-0.3, -0.25) is 9.59 Å². The molecule has 0 radical (unpaired) electrons. The lowest BCUT2D eigenvalue weighted by atomic mass is 9.95. The van der Waals surface area contributed by atoms with Crippen LogP contribution in [0.2, 0.25) is 0 Å². The molecule has 0 saturated carbocycles. The summed E-state index contributed by atoms with van der Waals surface area (Å²) in [5.74, 6) is 0.339. The molecule has 2 saturated heterocycles. The van der Waals surface area contributed by atoms with Crippen LogP contribution in [-0.2, 0) is 9.59 Å². The van der Waals surface area contributed by atoms with Crippen molar-refractivity contribution in [3.63, 3.8) is 0 Å². The molecular weight excluding hydrogens is 340 g/mol. The van der Waals surface area contributed by atoms with Crippen molar-refractivity contribution in [3.05, 3.63) is 24.3 Å². The van der Waals surface area contributed by atoms with Crippen LogP contribution in [0.25, 0.3) is 0 Å². The zero-order chi connectivity index (χ0) is 19.6. The summed E-state index contributed by atoms with van der Waals surface area (Å²) in [7, 11) is 3.97. The topological polar surface area (TPSA) is 64.7 Å². The highest BCUT2D eigenvalue weighted by molar-refractivity contribution is 5.99. The van der Waals surface area contributed by atoms with Crippen molar-refractivity contribution >= 4 is 23.2 Å². The van der Waals surface area contributed by atoms with E-state index in [4.69, 9.17) is 0 Å². The number of amides is 2. The van der Waals surface area contributed by atoms with E-state index in [0.717, 1.165) is 37.2 Å². The van der Waals surface area contributed by atoms with Gasteiger partial charge in [0.2, 0.25) is 11.8 Å². The lowest BCUT2D eigenvalue weighted by molar-refractivity contribution is -0.139. The zero-order valence-electron chi connectivity index (χ0n) is 16.9. The molecule has 6 heteroatoms. The van der Waals surface area contributed by atoms with Crippen LogP contribution in [0.5, 0.6) is 0 Å². The minimum Gasteiger partial charge on any atom is -0.378 e. The van der Waals surface area contributed by atoms with E-state index in [9.17, 15) is 9.59 Å². The van der Waals surface area contributed by atoms with Crippen LogP contribution in [0.1, 0.15) is 39.5 Å². The molecule has 0 aromatic heterocycles. The second-order valence-corrected chi connectivity index (χ2v) is 8.44. The highest BCUT2D eigenvalue weighted by atomic mass is 16.2. The van der Waals surface area contributed by atoms with Gasteiger partial charge in [0, 0.05) is 32.0 Å². The molecule has 2 heterocycles. The number of carbonyl (C=O) groups excluding carboxylic acids is 2. The number of likely N-dealkylation sites (tertiary alicyclic amines) is 1. The summed E-state index contributed by atoms with van der Waals surface area (Å²) >= 11 is 0. The number of hydrogen-bond acceptors (Lipinski definition) is 4. The monoisotopic (exact) mass is 372 g/mol. The summed E-state index contributed by atoms with van der Waals surface area (Å²) in [6, 6.07) is 7.35. The molecule has 2 aliphatic rings. The molecule has 2 amide bonds. The van der Waals surface area contributed by atoms with Crippen molar-refractivity contribution < 1.29 is 9.59 Å². The fourth-order valence-electron chi connectivity index (χ4n) is 4.19. The quantitative estimate of drug-likeness (QED) is 0.805. The molecule has 0 bridgehead atoms. The van der Waals surface area contributed by atoms with Crippen LogP contribution in [0.4, 0.5) is 11.4 Å². The highest BCUT2D eigenvalue weighted by Gasteiger charge is 2.50. The maximum Gasteiger partial charge on any atom is 0.247 e. The van der Waals surface area contributed by atoms with Gasteiger partial charge in [-0.05, 0) is 62.4 Å². The van der Waals surface area contributed by atoms with E-state index >= 15 is 0 Å². The van der Waals surface area contributed by atoms with Crippen molar-refractivity contribution in [2.45, 2.75) is 51.1 Å². The molecule has 27 heavy (non-hydrogen) atoms. The van der Waals surface area contributed by atoms with E-state index in [-0.39, 0.29) is 11.8 Å². The summed E-state index contributed by atoms with van der Waals surface area (Å²) in [6.07, 6.45) is 3.37. The Morgan fingerprint density at radius 1 is 1.26 bits per heavy atom. The largest absolute Gasteiger partial charge is 0.378 e.